The van der Waals surface area contributed by atoms with Crippen molar-refractivity contribution in [2.24, 2.45) is 0 Å². The first-order valence-electron chi connectivity index (χ1n) is 12.8. The lowest BCUT2D eigenvalue weighted by molar-refractivity contribution is -0.697. The molecule has 1 heterocycles. The SMILES string of the molecule is CCCCCCCCCCCC[n+]1ccc(CCCCC)c(CCCCC)c1. The molecule has 162 valence electrons. The molecule has 0 aliphatic rings. The summed E-state index contributed by atoms with van der Waals surface area (Å²) in [4.78, 5) is 0. The predicted octanol–water partition coefficient (Wildman–Crippen LogP) is 8.36. The molecule has 0 bridgehead atoms. The van der Waals surface area contributed by atoms with Gasteiger partial charge in [-0.1, -0.05) is 97.8 Å². The first-order chi connectivity index (χ1) is 13.8. The second kappa shape index (κ2) is 18.2. The zero-order chi connectivity index (χ0) is 20.3. The highest BCUT2D eigenvalue weighted by molar-refractivity contribution is 5.21. The molecule has 28 heavy (non-hydrogen) atoms. The quantitative estimate of drug-likeness (QED) is 0.165. The molecule has 1 aromatic rings. The molecular weight excluding hydrogens is 338 g/mol. The van der Waals surface area contributed by atoms with E-state index in [4.69, 9.17) is 0 Å². The van der Waals surface area contributed by atoms with Gasteiger partial charge >= 0.3 is 0 Å². The number of aryl methyl sites for hydroxylation is 3. The maximum absolute atomic E-state index is 2.48. The molecule has 1 heteroatoms. The van der Waals surface area contributed by atoms with E-state index >= 15 is 0 Å². The van der Waals surface area contributed by atoms with Gasteiger partial charge in [0.05, 0.1) is 0 Å². The smallest absolute Gasteiger partial charge is 0.172 e. The number of rotatable bonds is 19. The first-order valence-corrected chi connectivity index (χ1v) is 12.8. The van der Waals surface area contributed by atoms with E-state index in [1.54, 1.807) is 11.1 Å². The summed E-state index contributed by atoms with van der Waals surface area (Å²) in [5.74, 6) is 0. The average molecular weight is 389 g/mol. The lowest BCUT2D eigenvalue weighted by Crippen LogP contribution is -2.33. The third-order valence-electron chi connectivity index (χ3n) is 6.07. The van der Waals surface area contributed by atoms with Crippen LogP contribution in [0.4, 0.5) is 0 Å². The zero-order valence-corrected chi connectivity index (χ0v) is 19.6. The van der Waals surface area contributed by atoms with Crippen LogP contribution in [0.2, 0.25) is 0 Å². The Kier molecular flexibility index (Phi) is 16.4. The van der Waals surface area contributed by atoms with E-state index in [1.165, 1.54) is 122 Å². The van der Waals surface area contributed by atoms with Crippen molar-refractivity contribution in [1.82, 2.24) is 0 Å². The van der Waals surface area contributed by atoms with Crippen LogP contribution in [0.5, 0.6) is 0 Å². The van der Waals surface area contributed by atoms with Gasteiger partial charge in [0.1, 0.15) is 6.54 Å². The van der Waals surface area contributed by atoms with Gasteiger partial charge in [-0.25, -0.2) is 4.57 Å². The van der Waals surface area contributed by atoms with Gasteiger partial charge in [-0.05, 0) is 37.7 Å². The van der Waals surface area contributed by atoms with Gasteiger partial charge < -0.3 is 0 Å². The second-order valence-corrected chi connectivity index (χ2v) is 8.83. The standard InChI is InChI=1S/C27H50N/c1-4-7-10-11-12-13-14-15-16-19-23-28-24-22-26(20-17-8-5-2)27(25-28)21-18-9-6-3/h22,24-25H,4-21,23H2,1-3H3/q+1. The summed E-state index contributed by atoms with van der Waals surface area (Å²) in [7, 11) is 0. The topological polar surface area (TPSA) is 3.88 Å². The number of aromatic nitrogens is 1. The summed E-state index contributed by atoms with van der Waals surface area (Å²) in [5.41, 5.74) is 3.24. The van der Waals surface area contributed by atoms with Crippen LogP contribution >= 0.6 is 0 Å². The van der Waals surface area contributed by atoms with Crippen LogP contribution in [-0.4, -0.2) is 0 Å². The zero-order valence-electron chi connectivity index (χ0n) is 19.6. The molecule has 0 atom stereocenters. The fourth-order valence-corrected chi connectivity index (χ4v) is 4.14. The van der Waals surface area contributed by atoms with Gasteiger partial charge in [0.2, 0.25) is 0 Å². The van der Waals surface area contributed by atoms with E-state index in [-0.39, 0.29) is 0 Å². The molecule has 0 N–H and O–H groups in total. The largest absolute Gasteiger partial charge is 0.205 e. The second-order valence-electron chi connectivity index (χ2n) is 8.83. The van der Waals surface area contributed by atoms with E-state index in [2.05, 4.69) is 43.8 Å². The van der Waals surface area contributed by atoms with Gasteiger partial charge in [-0.2, -0.15) is 0 Å². The normalized spacial score (nSPS) is 11.2. The van der Waals surface area contributed by atoms with E-state index in [0.29, 0.717) is 0 Å². The summed E-state index contributed by atoms with van der Waals surface area (Å²) in [5, 5.41) is 0. The van der Waals surface area contributed by atoms with Crippen LogP contribution in [0.1, 0.15) is 135 Å². The molecule has 1 nitrogen and oxygen atoms in total. The molecule has 0 spiro atoms. The molecule has 0 unspecified atom stereocenters. The minimum Gasteiger partial charge on any atom is -0.205 e. The Morgan fingerprint density at radius 3 is 1.57 bits per heavy atom. The molecular formula is C27H50N+. The summed E-state index contributed by atoms with van der Waals surface area (Å²) in [6, 6.07) is 2.42. The number of nitrogens with zero attached hydrogens (tertiary/aromatic N) is 1. The third-order valence-corrected chi connectivity index (χ3v) is 6.07. The van der Waals surface area contributed by atoms with Crippen molar-refractivity contribution in [3.63, 3.8) is 0 Å². The van der Waals surface area contributed by atoms with Crippen molar-refractivity contribution >= 4 is 0 Å². The Labute approximate surface area is 177 Å². The molecule has 0 amide bonds. The summed E-state index contributed by atoms with van der Waals surface area (Å²) < 4.78 is 2.47. The Balaban J connectivity index is 2.30. The number of hydrogen-bond acceptors (Lipinski definition) is 0. The Bertz CT molecular complexity index is 465. The lowest BCUT2D eigenvalue weighted by atomic mass is 9.99. The fraction of sp³-hybridized carbons (Fsp3) is 0.815. The van der Waals surface area contributed by atoms with E-state index in [9.17, 15) is 0 Å². The van der Waals surface area contributed by atoms with E-state index in [0.717, 1.165) is 0 Å². The van der Waals surface area contributed by atoms with Crippen LogP contribution in [-0.2, 0) is 19.4 Å². The molecule has 0 saturated heterocycles. The van der Waals surface area contributed by atoms with Crippen LogP contribution in [0.3, 0.4) is 0 Å². The van der Waals surface area contributed by atoms with Gasteiger partial charge in [0.25, 0.3) is 0 Å². The van der Waals surface area contributed by atoms with Crippen molar-refractivity contribution in [1.29, 1.82) is 0 Å². The summed E-state index contributed by atoms with van der Waals surface area (Å²) >= 11 is 0. The molecule has 0 aliphatic carbocycles. The maximum Gasteiger partial charge on any atom is 0.172 e. The van der Waals surface area contributed by atoms with Gasteiger partial charge in [-0.15, -0.1) is 0 Å². The van der Waals surface area contributed by atoms with Gasteiger partial charge in [-0.3, -0.25) is 0 Å². The number of hydrogen-bond donors (Lipinski definition) is 0. The highest BCUT2D eigenvalue weighted by Gasteiger charge is 2.09. The van der Waals surface area contributed by atoms with Crippen molar-refractivity contribution in [3.8, 4) is 0 Å². The van der Waals surface area contributed by atoms with Crippen LogP contribution in [0, 0.1) is 0 Å². The van der Waals surface area contributed by atoms with Crippen LogP contribution < -0.4 is 4.57 Å². The minimum atomic E-state index is 1.20. The Morgan fingerprint density at radius 1 is 0.536 bits per heavy atom. The molecule has 1 rings (SSSR count). The maximum atomic E-state index is 2.48. The predicted molar refractivity (Wildman–Crippen MR) is 125 cm³/mol. The van der Waals surface area contributed by atoms with Crippen molar-refractivity contribution < 1.29 is 4.57 Å². The monoisotopic (exact) mass is 388 g/mol. The van der Waals surface area contributed by atoms with Crippen molar-refractivity contribution in [2.75, 3.05) is 0 Å². The molecule has 0 aliphatic heterocycles. The van der Waals surface area contributed by atoms with Gasteiger partial charge in [0, 0.05) is 18.1 Å². The molecule has 0 radical (unpaired) electrons. The fourth-order valence-electron chi connectivity index (χ4n) is 4.14. The molecule has 0 aromatic carbocycles. The van der Waals surface area contributed by atoms with E-state index < -0.39 is 0 Å². The Hall–Kier alpha value is -0.850. The van der Waals surface area contributed by atoms with E-state index in [1.807, 2.05) is 0 Å². The van der Waals surface area contributed by atoms with Crippen LogP contribution in [0.25, 0.3) is 0 Å². The Morgan fingerprint density at radius 2 is 1.00 bits per heavy atom. The molecule has 0 saturated carbocycles. The highest BCUT2D eigenvalue weighted by Crippen LogP contribution is 2.15. The molecule has 1 aromatic heterocycles. The average Bonchev–Trinajstić information content (AvgIpc) is 2.71. The van der Waals surface area contributed by atoms with Crippen molar-refractivity contribution in [3.05, 3.63) is 29.6 Å². The van der Waals surface area contributed by atoms with Crippen LogP contribution in [0.15, 0.2) is 18.5 Å². The molecule has 0 fully saturated rings. The first kappa shape index (κ1) is 25.2. The summed E-state index contributed by atoms with van der Waals surface area (Å²) in [6.07, 6.45) is 29.6. The number of pyridine rings is 1. The van der Waals surface area contributed by atoms with Crippen molar-refractivity contribution in [2.45, 2.75) is 143 Å². The lowest BCUT2D eigenvalue weighted by Gasteiger charge is -2.09. The third kappa shape index (κ3) is 12.6. The highest BCUT2D eigenvalue weighted by atomic mass is 14.9. The summed E-state index contributed by atoms with van der Waals surface area (Å²) in [6.45, 7) is 8.10. The minimum absolute atomic E-state index is 1.20. The van der Waals surface area contributed by atoms with Gasteiger partial charge in [0.15, 0.2) is 12.4 Å². The number of unbranched alkanes of at least 4 members (excludes halogenated alkanes) is 13.